The topological polar surface area (TPSA) is 69.1 Å². The number of hydrogen-bond donors (Lipinski definition) is 2. The lowest BCUT2D eigenvalue weighted by Gasteiger charge is -2.13. The number of ether oxygens (including phenoxy) is 2. The van der Waals surface area contributed by atoms with Gasteiger partial charge in [0.05, 0.1) is 38.7 Å². The molecule has 0 aromatic heterocycles. The minimum atomic E-state index is -3.53. The average Bonchev–Trinajstić information content (AvgIpc) is 2.46. The van der Waals surface area contributed by atoms with Crippen LogP contribution in [0, 0.1) is 0 Å². The molecule has 1 aromatic carbocycles. The summed E-state index contributed by atoms with van der Waals surface area (Å²) in [7, 11) is 0.548. The van der Waals surface area contributed by atoms with Gasteiger partial charge >= 0.3 is 0 Å². The molecule has 0 aliphatic heterocycles. The molecule has 0 unspecified atom stereocenters. The van der Waals surface area contributed by atoms with Crippen LogP contribution in [-0.2, 0) is 10.0 Å². The van der Waals surface area contributed by atoms with Gasteiger partial charge in [0.2, 0.25) is 10.0 Å². The maximum absolute atomic E-state index is 12.3. The van der Waals surface area contributed by atoms with Gasteiger partial charge in [-0.3, -0.25) is 0 Å². The van der Waals surface area contributed by atoms with Crippen LogP contribution in [0.1, 0.15) is 20.3 Å². The van der Waals surface area contributed by atoms with Crippen LogP contribution in [0.5, 0.6) is 11.5 Å². The lowest BCUT2D eigenvalue weighted by atomic mass is 10.3. The van der Waals surface area contributed by atoms with E-state index in [1.54, 1.807) is 6.07 Å². The van der Waals surface area contributed by atoms with Gasteiger partial charge in [-0.1, -0.05) is 0 Å². The van der Waals surface area contributed by atoms with E-state index in [1.807, 2.05) is 27.9 Å². The minimum Gasteiger partial charge on any atom is -0.490 e. The highest BCUT2D eigenvalue weighted by Gasteiger charge is 2.17. The standard InChI is InChI=1S/C15H26N2O4S/c1-5-20-14-9-8-13(12-15(14)21-6-2)22(18,19)16-10-7-11-17(3)4/h8-9,12,16H,5-7,10-11H2,1-4H3/p+1. The molecule has 0 atom stereocenters. The van der Waals surface area contributed by atoms with Gasteiger partial charge in [0.1, 0.15) is 0 Å². The van der Waals surface area contributed by atoms with E-state index in [4.69, 9.17) is 9.47 Å². The SMILES string of the molecule is CCOc1ccc(S(=O)(=O)NCCC[NH+](C)C)cc1OCC. The second-order valence-electron chi connectivity index (χ2n) is 5.18. The molecule has 22 heavy (non-hydrogen) atoms. The van der Waals surface area contributed by atoms with E-state index in [9.17, 15) is 8.42 Å². The van der Waals surface area contributed by atoms with Crippen LogP contribution in [-0.4, -0.2) is 48.8 Å². The lowest BCUT2D eigenvalue weighted by Crippen LogP contribution is -3.05. The van der Waals surface area contributed by atoms with Crippen LogP contribution in [0.25, 0.3) is 0 Å². The fraction of sp³-hybridized carbons (Fsp3) is 0.600. The quantitative estimate of drug-likeness (QED) is 0.605. The van der Waals surface area contributed by atoms with Crippen LogP contribution >= 0.6 is 0 Å². The van der Waals surface area contributed by atoms with Crippen LogP contribution in [0.3, 0.4) is 0 Å². The van der Waals surface area contributed by atoms with Gasteiger partial charge in [-0.15, -0.1) is 0 Å². The predicted octanol–water partition coefficient (Wildman–Crippen LogP) is 0.297. The summed E-state index contributed by atoms with van der Waals surface area (Å²) in [5.74, 6) is 1.00. The molecule has 7 heteroatoms. The fourth-order valence-corrected chi connectivity index (χ4v) is 3.02. The van der Waals surface area contributed by atoms with Crippen molar-refractivity contribution in [3.05, 3.63) is 18.2 Å². The van der Waals surface area contributed by atoms with E-state index in [2.05, 4.69) is 4.72 Å². The Morgan fingerprint density at radius 2 is 1.73 bits per heavy atom. The highest BCUT2D eigenvalue weighted by Crippen LogP contribution is 2.30. The first-order chi connectivity index (χ1) is 10.4. The fourth-order valence-electron chi connectivity index (χ4n) is 1.93. The summed E-state index contributed by atoms with van der Waals surface area (Å²) >= 11 is 0. The number of sulfonamides is 1. The summed E-state index contributed by atoms with van der Waals surface area (Å²) < 4.78 is 38.1. The van der Waals surface area contributed by atoms with E-state index in [1.165, 1.54) is 17.0 Å². The molecule has 0 aliphatic carbocycles. The van der Waals surface area contributed by atoms with Gasteiger partial charge in [-0.25, -0.2) is 13.1 Å². The molecule has 1 rings (SSSR count). The maximum Gasteiger partial charge on any atom is 0.240 e. The molecule has 0 radical (unpaired) electrons. The van der Waals surface area contributed by atoms with Crippen molar-refractivity contribution in [2.75, 3.05) is 40.4 Å². The van der Waals surface area contributed by atoms with Crippen LogP contribution in [0.2, 0.25) is 0 Å². The van der Waals surface area contributed by atoms with Crippen molar-refractivity contribution < 1.29 is 22.8 Å². The Kier molecular flexibility index (Phi) is 7.64. The first-order valence-corrected chi connectivity index (χ1v) is 9.07. The molecule has 126 valence electrons. The van der Waals surface area contributed by atoms with Crippen LogP contribution < -0.4 is 19.1 Å². The van der Waals surface area contributed by atoms with Crippen molar-refractivity contribution in [3.63, 3.8) is 0 Å². The number of hydrogen-bond acceptors (Lipinski definition) is 4. The summed E-state index contributed by atoms with van der Waals surface area (Å²) in [4.78, 5) is 1.48. The molecule has 0 saturated heterocycles. The van der Waals surface area contributed by atoms with E-state index >= 15 is 0 Å². The van der Waals surface area contributed by atoms with E-state index in [0.29, 0.717) is 31.3 Å². The highest BCUT2D eigenvalue weighted by molar-refractivity contribution is 7.89. The summed E-state index contributed by atoms with van der Waals surface area (Å²) in [6.07, 6.45) is 0.789. The third-order valence-corrected chi connectivity index (χ3v) is 4.43. The molecule has 0 heterocycles. The smallest absolute Gasteiger partial charge is 0.240 e. The molecule has 1 aromatic rings. The van der Waals surface area contributed by atoms with Crippen molar-refractivity contribution in [3.8, 4) is 11.5 Å². The van der Waals surface area contributed by atoms with Gasteiger partial charge in [0.25, 0.3) is 0 Å². The number of benzene rings is 1. The normalized spacial score (nSPS) is 11.7. The monoisotopic (exact) mass is 331 g/mol. The molecule has 6 nitrogen and oxygen atoms in total. The summed E-state index contributed by atoms with van der Waals surface area (Å²) in [6.45, 7) is 5.99. The van der Waals surface area contributed by atoms with E-state index in [0.717, 1.165) is 13.0 Å². The molecule has 0 amide bonds. The third-order valence-electron chi connectivity index (χ3n) is 2.97. The first kappa shape index (κ1) is 18.7. The molecule has 2 N–H and O–H groups in total. The Balaban J connectivity index is 2.83. The molecule has 0 fully saturated rings. The van der Waals surface area contributed by atoms with Gasteiger partial charge < -0.3 is 14.4 Å². The van der Waals surface area contributed by atoms with Gasteiger partial charge in [0, 0.05) is 19.0 Å². The molecule has 0 aliphatic rings. The van der Waals surface area contributed by atoms with E-state index in [-0.39, 0.29) is 4.90 Å². The summed E-state index contributed by atoms with van der Waals surface area (Å²) in [5.41, 5.74) is 0. The van der Waals surface area contributed by atoms with Crippen molar-refractivity contribution in [1.82, 2.24) is 4.72 Å². The van der Waals surface area contributed by atoms with Crippen molar-refractivity contribution in [2.45, 2.75) is 25.2 Å². The summed E-state index contributed by atoms with van der Waals surface area (Å²) in [5, 5.41) is 0. The second kappa shape index (κ2) is 8.97. The Bertz CT molecular complexity index is 559. The van der Waals surface area contributed by atoms with Crippen LogP contribution in [0.15, 0.2) is 23.1 Å². The first-order valence-electron chi connectivity index (χ1n) is 7.59. The minimum absolute atomic E-state index is 0.191. The van der Waals surface area contributed by atoms with Crippen molar-refractivity contribution in [1.29, 1.82) is 0 Å². The molecular weight excluding hydrogens is 304 g/mol. The summed E-state index contributed by atoms with van der Waals surface area (Å²) in [6, 6.07) is 4.67. The maximum atomic E-state index is 12.3. The average molecular weight is 331 g/mol. The van der Waals surface area contributed by atoms with Gasteiger partial charge in [0.15, 0.2) is 11.5 Å². The highest BCUT2D eigenvalue weighted by atomic mass is 32.2. The largest absolute Gasteiger partial charge is 0.490 e. The Hall–Kier alpha value is -1.31. The number of nitrogens with one attached hydrogen (secondary N) is 2. The predicted molar refractivity (Wildman–Crippen MR) is 86.3 cm³/mol. The molecular formula is C15H27N2O4S+. The second-order valence-corrected chi connectivity index (χ2v) is 6.95. The zero-order chi connectivity index (χ0) is 16.6. The third kappa shape index (κ3) is 5.82. The Morgan fingerprint density at radius 1 is 1.09 bits per heavy atom. The Labute approximate surface area is 133 Å². The zero-order valence-electron chi connectivity index (χ0n) is 13.8. The number of rotatable bonds is 10. The number of quaternary nitrogens is 1. The van der Waals surface area contributed by atoms with Crippen LogP contribution in [0.4, 0.5) is 0 Å². The van der Waals surface area contributed by atoms with Gasteiger partial charge in [-0.05, 0) is 26.0 Å². The Morgan fingerprint density at radius 3 is 2.32 bits per heavy atom. The molecule has 0 bridgehead atoms. The van der Waals surface area contributed by atoms with Crippen molar-refractivity contribution >= 4 is 10.0 Å². The van der Waals surface area contributed by atoms with E-state index < -0.39 is 10.0 Å². The molecule has 0 saturated carbocycles. The lowest BCUT2D eigenvalue weighted by molar-refractivity contribution is -0.858. The van der Waals surface area contributed by atoms with Gasteiger partial charge in [-0.2, -0.15) is 0 Å². The zero-order valence-corrected chi connectivity index (χ0v) is 14.6. The van der Waals surface area contributed by atoms with Crippen molar-refractivity contribution in [2.24, 2.45) is 0 Å². The molecule has 0 spiro atoms.